The van der Waals surface area contributed by atoms with Crippen molar-refractivity contribution in [2.24, 2.45) is 0 Å². The Morgan fingerprint density at radius 3 is 2.50 bits per heavy atom. The maximum atomic E-state index is 11.9. The quantitative estimate of drug-likeness (QED) is 0.837. The lowest BCUT2D eigenvalue weighted by Gasteiger charge is -2.18. The van der Waals surface area contributed by atoms with Crippen molar-refractivity contribution in [2.75, 3.05) is 14.1 Å². The largest absolute Gasteiger partial charge is 0.507 e. The number of nitrogens with one attached hydrogen (secondary N) is 1. The highest BCUT2D eigenvalue weighted by Crippen LogP contribution is 2.18. The molecule has 0 saturated carbocycles. The molecule has 1 aromatic carbocycles. The van der Waals surface area contributed by atoms with Gasteiger partial charge < -0.3 is 15.3 Å². The number of phenols is 1. The Hall–Kier alpha value is -2.04. The number of carbonyl (C=O) groups is 2. The molecule has 0 saturated heterocycles. The van der Waals surface area contributed by atoms with E-state index in [9.17, 15) is 14.7 Å². The first kappa shape index (κ1) is 14.0. The zero-order valence-corrected chi connectivity index (χ0v) is 11.0. The van der Waals surface area contributed by atoms with Gasteiger partial charge in [0.2, 0.25) is 5.91 Å². The van der Waals surface area contributed by atoms with E-state index in [-0.39, 0.29) is 17.2 Å². The minimum atomic E-state index is -0.632. The van der Waals surface area contributed by atoms with Crippen LogP contribution in [0, 0.1) is 6.92 Å². The van der Waals surface area contributed by atoms with Crippen molar-refractivity contribution < 1.29 is 14.7 Å². The second-order valence-corrected chi connectivity index (χ2v) is 4.45. The van der Waals surface area contributed by atoms with Gasteiger partial charge in [0.05, 0.1) is 5.56 Å². The minimum Gasteiger partial charge on any atom is -0.507 e. The molecular weight excluding hydrogens is 232 g/mol. The first-order chi connectivity index (χ1) is 8.32. The highest BCUT2D eigenvalue weighted by molar-refractivity contribution is 5.99. The van der Waals surface area contributed by atoms with Crippen LogP contribution in [-0.2, 0) is 4.79 Å². The average molecular weight is 250 g/mol. The molecule has 0 bridgehead atoms. The number of nitrogens with zero attached hydrogens (tertiary/aromatic N) is 1. The molecule has 2 amide bonds. The number of phenolic OH excluding ortho intramolecular Hbond substituents is 1. The number of hydrogen-bond donors (Lipinski definition) is 2. The van der Waals surface area contributed by atoms with Crippen LogP contribution in [0.25, 0.3) is 0 Å². The number of hydrogen-bond acceptors (Lipinski definition) is 3. The molecule has 0 fully saturated rings. The van der Waals surface area contributed by atoms with E-state index in [0.29, 0.717) is 0 Å². The molecule has 1 atom stereocenters. The fraction of sp³-hybridized carbons (Fsp3) is 0.385. The van der Waals surface area contributed by atoms with Crippen molar-refractivity contribution in [3.8, 4) is 5.75 Å². The lowest BCUT2D eigenvalue weighted by molar-refractivity contribution is -0.130. The van der Waals surface area contributed by atoms with Crippen molar-refractivity contribution in [1.82, 2.24) is 10.2 Å². The summed E-state index contributed by atoms with van der Waals surface area (Å²) in [7, 11) is 3.24. The van der Waals surface area contributed by atoms with E-state index >= 15 is 0 Å². The fourth-order valence-electron chi connectivity index (χ4n) is 1.56. The monoisotopic (exact) mass is 250 g/mol. The van der Waals surface area contributed by atoms with Crippen LogP contribution in [0.15, 0.2) is 18.2 Å². The summed E-state index contributed by atoms with van der Waals surface area (Å²) in [6, 6.07) is 4.12. The normalized spacial score (nSPS) is 11.8. The molecule has 0 aliphatic carbocycles. The lowest BCUT2D eigenvalue weighted by Crippen LogP contribution is -2.44. The van der Waals surface area contributed by atoms with Crippen molar-refractivity contribution in [3.63, 3.8) is 0 Å². The molecule has 0 spiro atoms. The number of rotatable bonds is 3. The first-order valence-corrected chi connectivity index (χ1v) is 5.64. The van der Waals surface area contributed by atoms with Gasteiger partial charge >= 0.3 is 0 Å². The molecule has 0 aromatic heterocycles. The van der Waals surface area contributed by atoms with Crippen LogP contribution in [0.2, 0.25) is 0 Å². The predicted octanol–water partition coefficient (Wildman–Crippen LogP) is 0.907. The van der Waals surface area contributed by atoms with E-state index in [0.717, 1.165) is 5.56 Å². The van der Waals surface area contributed by atoms with Gasteiger partial charge in [-0.3, -0.25) is 9.59 Å². The van der Waals surface area contributed by atoms with Crippen LogP contribution in [-0.4, -0.2) is 42.0 Å². The van der Waals surface area contributed by atoms with E-state index in [1.165, 1.54) is 11.0 Å². The van der Waals surface area contributed by atoms with Gasteiger partial charge in [-0.1, -0.05) is 11.6 Å². The standard InChI is InChI=1S/C13H18N2O3/c1-8-5-6-11(16)10(7-8)12(17)14-9(2)13(18)15(3)4/h5-7,9,16H,1-4H3,(H,14,17). The van der Waals surface area contributed by atoms with Crippen molar-refractivity contribution in [1.29, 1.82) is 0 Å². The Bertz CT molecular complexity index is 469. The Labute approximate surface area is 106 Å². The van der Waals surface area contributed by atoms with Gasteiger partial charge in [0.15, 0.2) is 0 Å². The van der Waals surface area contributed by atoms with Gasteiger partial charge in [-0.25, -0.2) is 0 Å². The summed E-state index contributed by atoms with van der Waals surface area (Å²) in [6.07, 6.45) is 0. The van der Waals surface area contributed by atoms with Crippen LogP contribution in [0.1, 0.15) is 22.8 Å². The molecular formula is C13H18N2O3. The molecule has 98 valence electrons. The lowest BCUT2D eigenvalue weighted by atomic mass is 10.1. The predicted molar refractivity (Wildman–Crippen MR) is 68.5 cm³/mol. The molecule has 0 aliphatic rings. The average Bonchev–Trinajstić information content (AvgIpc) is 2.30. The molecule has 0 heterocycles. The van der Waals surface area contributed by atoms with Crippen LogP contribution in [0.5, 0.6) is 5.75 Å². The van der Waals surface area contributed by atoms with Gasteiger partial charge in [-0.05, 0) is 26.0 Å². The Kier molecular flexibility index (Phi) is 4.31. The smallest absolute Gasteiger partial charge is 0.255 e. The molecule has 0 aliphatic heterocycles. The van der Waals surface area contributed by atoms with E-state index in [2.05, 4.69) is 5.32 Å². The second kappa shape index (κ2) is 5.53. The number of aromatic hydroxyl groups is 1. The summed E-state index contributed by atoms with van der Waals surface area (Å²) in [6.45, 7) is 3.43. The Morgan fingerprint density at radius 1 is 1.33 bits per heavy atom. The Morgan fingerprint density at radius 2 is 1.94 bits per heavy atom. The van der Waals surface area contributed by atoms with Crippen LogP contribution >= 0.6 is 0 Å². The number of aryl methyl sites for hydroxylation is 1. The zero-order valence-electron chi connectivity index (χ0n) is 11.0. The molecule has 18 heavy (non-hydrogen) atoms. The number of benzene rings is 1. The van der Waals surface area contributed by atoms with Gasteiger partial charge in [-0.15, -0.1) is 0 Å². The Balaban J connectivity index is 2.83. The van der Waals surface area contributed by atoms with Crippen molar-refractivity contribution in [3.05, 3.63) is 29.3 Å². The minimum absolute atomic E-state index is 0.0948. The molecule has 5 heteroatoms. The summed E-state index contributed by atoms with van der Waals surface area (Å²) in [5, 5.41) is 12.2. The van der Waals surface area contributed by atoms with Gasteiger partial charge in [0, 0.05) is 14.1 Å². The number of carbonyl (C=O) groups excluding carboxylic acids is 2. The molecule has 1 unspecified atom stereocenters. The summed E-state index contributed by atoms with van der Waals surface area (Å²) >= 11 is 0. The molecule has 1 rings (SSSR count). The second-order valence-electron chi connectivity index (χ2n) is 4.45. The zero-order chi connectivity index (χ0) is 13.9. The fourth-order valence-corrected chi connectivity index (χ4v) is 1.56. The van der Waals surface area contributed by atoms with Crippen molar-refractivity contribution >= 4 is 11.8 Å². The van der Waals surface area contributed by atoms with Crippen LogP contribution < -0.4 is 5.32 Å². The summed E-state index contributed by atoms with van der Waals surface area (Å²) in [5.41, 5.74) is 1.04. The molecule has 2 N–H and O–H groups in total. The molecule has 5 nitrogen and oxygen atoms in total. The number of likely N-dealkylation sites (N-methyl/N-ethyl adjacent to an activating group) is 1. The first-order valence-electron chi connectivity index (χ1n) is 5.64. The summed E-state index contributed by atoms with van der Waals surface area (Å²) in [4.78, 5) is 24.9. The maximum absolute atomic E-state index is 11.9. The van der Waals surface area contributed by atoms with Crippen LogP contribution in [0.4, 0.5) is 0 Å². The van der Waals surface area contributed by atoms with E-state index in [4.69, 9.17) is 0 Å². The molecule has 1 aromatic rings. The van der Waals surface area contributed by atoms with E-state index in [1.807, 2.05) is 6.92 Å². The number of amides is 2. The highest BCUT2D eigenvalue weighted by atomic mass is 16.3. The highest BCUT2D eigenvalue weighted by Gasteiger charge is 2.19. The van der Waals surface area contributed by atoms with Crippen LogP contribution in [0.3, 0.4) is 0 Å². The van der Waals surface area contributed by atoms with Gasteiger partial charge in [0.25, 0.3) is 5.91 Å². The SMILES string of the molecule is Cc1ccc(O)c(C(=O)NC(C)C(=O)N(C)C)c1. The molecule has 0 radical (unpaired) electrons. The third-order valence-corrected chi connectivity index (χ3v) is 2.56. The van der Waals surface area contributed by atoms with E-state index in [1.54, 1.807) is 33.2 Å². The summed E-state index contributed by atoms with van der Waals surface area (Å²) in [5.74, 6) is -0.753. The van der Waals surface area contributed by atoms with Gasteiger partial charge in [-0.2, -0.15) is 0 Å². The third-order valence-electron chi connectivity index (χ3n) is 2.56. The maximum Gasteiger partial charge on any atom is 0.255 e. The third kappa shape index (κ3) is 3.23. The van der Waals surface area contributed by atoms with Crippen molar-refractivity contribution in [2.45, 2.75) is 19.9 Å². The van der Waals surface area contributed by atoms with Gasteiger partial charge in [0.1, 0.15) is 11.8 Å². The summed E-state index contributed by atoms with van der Waals surface area (Å²) < 4.78 is 0. The van der Waals surface area contributed by atoms with E-state index < -0.39 is 11.9 Å². The topological polar surface area (TPSA) is 69.6 Å².